The summed E-state index contributed by atoms with van der Waals surface area (Å²) in [5.41, 5.74) is 1.87. The summed E-state index contributed by atoms with van der Waals surface area (Å²) in [5.74, 6) is -1.50. The largest absolute Gasteiger partial charge is 0.460 e. The first-order valence-electron chi connectivity index (χ1n) is 9.83. The second-order valence-electron chi connectivity index (χ2n) is 7.21. The molecule has 0 radical (unpaired) electrons. The fraction of sp³-hybridized carbons (Fsp3) is 0.160. The summed E-state index contributed by atoms with van der Waals surface area (Å²) in [4.78, 5) is 39.4. The minimum atomic E-state index is -0.502. The Hall–Kier alpha value is -3.73. The van der Waals surface area contributed by atoms with Crippen molar-refractivity contribution in [3.05, 3.63) is 108 Å². The van der Waals surface area contributed by atoms with Gasteiger partial charge in [0.15, 0.2) is 0 Å². The highest BCUT2D eigenvalue weighted by molar-refractivity contribution is 6.09. The van der Waals surface area contributed by atoms with Crippen LogP contribution in [0.5, 0.6) is 0 Å². The SMILES string of the molecule is O=C(OC[C@H]1[C@@H](Cc2ccccc2)C(=O)N1C(=O)c1ccccc1)c1ccccc1. The number of carbonyl (C=O) groups is 3. The molecule has 3 aromatic carbocycles. The van der Waals surface area contributed by atoms with E-state index in [1.165, 1.54) is 4.90 Å². The number of esters is 1. The molecule has 2 atom stereocenters. The first kappa shape index (κ1) is 19.6. The molecule has 0 saturated carbocycles. The van der Waals surface area contributed by atoms with Crippen molar-refractivity contribution in [2.24, 2.45) is 5.92 Å². The summed E-state index contributed by atoms with van der Waals surface area (Å²) in [6.45, 7) is -0.0322. The molecule has 0 N–H and O–H groups in total. The first-order valence-corrected chi connectivity index (χ1v) is 9.83. The Kier molecular flexibility index (Phi) is 5.70. The number of amides is 2. The number of benzene rings is 3. The Labute approximate surface area is 174 Å². The van der Waals surface area contributed by atoms with Crippen LogP contribution in [0.15, 0.2) is 91.0 Å². The van der Waals surface area contributed by atoms with E-state index in [1.54, 1.807) is 48.5 Å². The van der Waals surface area contributed by atoms with Gasteiger partial charge >= 0.3 is 5.97 Å². The Morgan fingerprint density at radius 2 is 1.30 bits per heavy atom. The third-order valence-electron chi connectivity index (χ3n) is 5.28. The van der Waals surface area contributed by atoms with E-state index < -0.39 is 17.9 Å². The van der Waals surface area contributed by atoms with E-state index in [4.69, 9.17) is 4.74 Å². The number of ether oxygens (including phenoxy) is 1. The first-order chi connectivity index (χ1) is 14.6. The van der Waals surface area contributed by atoms with Crippen LogP contribution in [0.4, 0.5) is 0 Å². The molecule has 1 fully saturated rings. The van der Waals surface area contributed by atoms with Gasteiger partial charge in [0, 0.05) is 5.56 Å². The van der Waals surface area contributed by atoms with Gasteiger partial charge in [0.25, 0.3) is 5.91 Å². The van der Waals surface area contributed by atoms with E-state index in [0.29, 0.717) is 17.5 Å². The highest BCUT2D eigenvalue weighted by atomic mass is 16.5. The third-order valence-corrected chi connectivity index (χ3v) is 5.28. The molecule has 0 aromatic heterocycles. The molecule has 0 unspecified atom stereocenters. The number of likely N-dealkylation sites (tertiary alicyclic amines) is 1. The van der Waals surface area contributed by atoms with Gasteiger partial charge in [-0.05, 0) is 36.2 Å². The van der Waals surface area contributed by atoms with Gasteiger partial charge in [0.05, 0.1) is 17.5 Å². The van der Waals surface area contributed by atoms with Crippen LogP contribution in [0.2, 0.25) is 0 Å². The Morgan fingerprint density at radius 1 is 0.767 bits per heavy atom. The topological polar surface area (TPSA) is 63.7 Å². The molecule has 0 bridgehead atoms. The zero-order valence-electron chi connectivity index (χ0n) is 16.3. The highest BCUT2D eigenvalue weighted by Crippen LogP contribution is 2.32. The van der Waals surface area contributed by atoms with Crippen LogP contribution in [0.25, 0.3) is 0 Å². The average Bonchev–Trinajstić information content (AvgIpc) is 2.81. The normalized spacial score (nSPS) is 17.9. The standard InChI is InChI=1S/C25H21NO4/c27-23(19-12-6-2-7-13-19)26-22(17-30-25(29)20-14-8-3-9-15-20)21(24(26)28)16-18-10-4-1-5-11-18/h1-15,21-22H,16-17H2/t21-,22+/m1/s1. The summed E-state index contributed by atoms with van der Waals surface area (Å²) in [7, 11) is 0. The summed E-state index contributed by atoms with van der Waals surface area (Å²) < 4.78 is 5.48. The van der Waals surface area contributed by atoms with Crippen LogP contribution < -0.4 is 0 Å². The number of rotatable bonds is 6. The van der Waals surface area contributed by atoms with E-state index in [0.717, 1.165) is 5.56 Å². The smallest absolute Gasteiger partial charge is 0.338 e. The number of hydrogen-bond acceptors (Lipinski definition) is 4. The van der Waals surface area contributed by atoms with Gasteiger partial charge in [-0.1, -0.05) is 66.7 Å². The predicted molar refractivity (Wildman–Crippen MR) is 112 cm³/mol. The van der Waals surface area contributed by atoms with Crippen LogP contribution in [0.3, 0.4) is 0 Å². The Bertz CT molecular complexity index is 1030. The monoisotopic (exact) mass is 399 g/mol. The zero-order valence-corrected chi connectivity index (χ0v) is 16.3. The quantitative estimate of drug-likeness (QED) is 0.360. The molecule has 5 heteroatoms. The number of imide groups is 1. The molecular weight excluding hydrogens is 378 g/mol. The lowest BCUT2D eigenvalue weighted by Crippen LogP contribution is -2.65. The molecule has 5 nitrogen and oxygen atoms in total. The van der Waals surface area contributed by atoms with E-state index in [9.17, 15) is 14.4 Å². The molecule has 1 heterocycles. The molecule has 3 aromatic rings. The molecule has 2 amide bonds. The molecule has 4 rings (SSSR count). The van der Waals surface area contributed by atoms with Gasteiger partial charge in [-0.2, -0.15) is 0 Å². The number of hydrogen-bond donors (Lipinski definition) is 0. The van der Waals surface area contributed by atoms with Crippen molar-refractivity contribution in [3.63, 3.8) is 0 Å². The molecule has 1 aliphatic heterocycles. The maximum atomic E-state index is 12.9. The van der Waals surface area contributed by atoms with E-state index >= 15 is 0 Å². The second-order valence-corrected chi connectivity index (χ2v) is 7.21. The summed E-state index contributed by atoms with van der Waals surface area (Å²) in [6, 6.07) is 26.5. The fourth-order valence-electron chi connectivity index (χ4n) is 3.68. The fourth-order valence-corrected chi connectivity index (χ4v) is 3.68. The lowest BCUT2D eigenvalue weighted by Gasteiger charge is -2.45. The van der Waals surface area contributed by atoms with Crippen LogP contribution in [-0.4, -0.2) is 35.3 Å². The van der Waals surface area contributed by atoms with Crippen LogP contribution >= 0.6 is 0 Å². The van der Waals surface area contributed by atoms with E-state index in [1.807, 2.05) is 42.5 Å². The maximum absolute atomic E-state index is 12.9. The summed E-state index contributed by atoms with van der Waals surface area (Å²) >= 11 is 0. The third kappa shape index (κ3) is 4.01. The summed E-state index contributed by atoms with van der Waals surface area (Å²) in [5, 5.41) is 0. The molecule has 1 saturated heterocycles. The van der Waals surface area contributed by atoms with Crippen molar-refractivity contribution in [1.29, 1.82) is 0 Å². The Balaban J connectivity index is 1.52. The van der Waals surface area contributed by atoms with Crippen LogP contribution in [0.1, 0.15) is 26.3 Å². The molecular formula is C25H21NO4. The molecule has 30 heavy (non-hydrogen) atoms. The average molecular weight is 399 g/mol. The zero-order chi connectivity index (χ0) is 20.9. The number of β-lactam (4-membered cyclic amide) rings is 1. The van der Waals surface area contributed by atoms with Crippen molar-refractivity contribution >= 4 is 17.8 Å². The number of nitrogens with zero attached hydrogens (tertiary/aromatic N) is 1. The van der Waals surface area contributed by atoms with Crippen molar-refractivity contribution in [3.8, 4) is 0 Å². The van der Waals surface area contributed by atoms with Gasteiger partial charge in [-0.25, -0.2) is 4.79 Å². The van der Waals surface area contributed by atoms with E-state index in [2.05, 4.69) is 0 Å². The van der Waals surface area contributed by atoms with Gasteiger partial charge < -0.3 is 4.74 Å². The van der Waals surface area contributed by atoms with Crippen LogP contribution in [0, 0.1) is 5.92 Å². The minimum absolute atomic E-state index is 0.0322. The minimum Gasteiger partial charge on any atom is -0.460 e. The Morgan fingerprint density at radius 3 is 1.90 bits per heavy atom. The molecule has 150 valence electrons. The van der Waals surface area contributed by atoms with Gasteiger partial charge in [-0.3, -0.25) is 14.5 Å². The maximum Gasteiger partial charge on any atom is 0.338 e. The highest BCUT2D eigenvalue weighted by Gasteiger charge is 2.51. The van der Waals surface area contributed by atoms with Crippen molar-refractivity contribution in [1.82, 2.24) is 4.90 Å². The molecule has 1 aliphatic rings. The van der Waals surface area contributed by atoms with Gasteiger partial charge in [-0.15, -0.1) is 0 Å². The lowest BCUT2D eigenvalue weighted by atomic mass is 9.82. The predicted octanol–water partition coefficient (Wildman–Crippen LogP) is 3.75. The van der Waals surface area contributed by atoms with E-state index in [-0.39, 0.29) is 18.4 Å². The van der Waals surface area contributed by atoms with Crippen molar-refractivity contribution in [2.45, 2.75) is 12.5 Å². The van der Waals surface area contributed by atoms with Crippen molar-refractivity contribution in [2.75, 3.05) is 6.61 Å². The molecule has 0 aliphatic carbocycles. The van der Waals surface area contributed by atoms with Gasteiger partial charge in [0.1, 0.15) is 6.61 Å². The van der Waals surface area contributed by atoms with Gasteiger partial charge in [0.2, 0.25) is 5.91 Å². The second kappa shape index (κ2) is 8.74. The molecule has 0 spiro atoms. The summed E-state index contributed by atoms with van der Waals surface area (Å²) in [6.07, 6.45) is 0.492. The number of carbonyl (C=O) groups excluding carboxylic acids is 3. The lowest BCUT2D eigenvalue weighted by molar-refractivity contribution is -0.153. The van der Waals surface area contributed by atoms with Crippen molar-refractivity contribution < 1.29 is 19.1 Å². The van der Waals surface area contributed by atoms with Crippen LogP contribution in [-0.2, 0) is 16.0 Å².